The van der Waals surface area contributed by atoms with Crippen molar-refractivity contribution in [2.45, 2.75) is 19.4 Å². The number of hydrogen-bond donors (Lipinski definition) is 1. The molecular formula is C11H15NO. The summed E-state index contributed by atoms with van der Waals surface area (Å²) < 4.78 is 5.15. The van der Waals surface area contributed by atoms with Crippen molar-refractivity contribution in [3.05, 3.63) is 29.3 Å². The molecule has 0 saturated heterocycles. The fourth-order valence-corrected chi connectivity index (χ4v) is 1.89. The summed E-state index contributed by atoms with van der Waals surface area (Å²) in [6.07, 6.45) is 0. The van der Waals surface area contributed by atoms with Gasteiger partial charge in [0.2, 0.25) is 0 Å². The van der Waals surface area contributed by atoms with Crippen molar-refractivity contribution in [3.8, 4) is 0 Å². The van der Waals surface area contributed by atoms with Gasteiger partial charge in [-0.2, -0.15) is 0 Å². The van der Waals surface area contributed by atoms with Gasteiger partial charge in [-0.1, -0.05) is 25.1 Å². The molecule has 1 aliphatic rings. The van der Waals surface area contributed by atoms with E-state index >= 15 is 0 Å². The van der Waals surface area contributed by atoms with Gasteiger partial charge in [-0.25, -0.2) is 0 Å². The van der Waals surface area contributed by atoms with E-state index in [1.807, 2.05) is 0 Å². The Labute approximate surface area is 78.9 Å². The zero-order chi connectivity index (χ0) is 9.26. The second-order valence-electron chi connectivity index (χ2n) is 3.60. The number of para-hydroxylation sites is 1. The van der Waals surface area contributed by atoms with Crippen LogP contribution in [-0.4, -0.2) is 13.7 Å². The van der Waals surface area contributed by atoms with Crippen molar-refractivity contribution in [2.24, 2.45) is 0 Å². The van der Waals surface area contributed by atoms with Gasteiger partial charge < -0.3 is 10.1 Å². The van der Waals surface area contributed by atoms with Gasteiger partial charge >= 0.3 is 0 Å². The van der Waals surface area contributed by atoms with Crippen LogP contribution < -0.4 is 5.32 Å². The van der Waals surface area contributed by atoms with E-state index in [0.29, 0.717) is 12.5 Å². The second kappa shape index (κ2) is 3.38. The Balaban J connectivity index is 2.38. The zero-order valence-electron chi connectivity index (χ0n) is 8.13. The third kappa shape index (κ3) is 1.42. The highest BCUT2D eigenvalue weighted by Gasteiger charge is 2.19. The molecule has 0 bridgehead atoms. The normalized spacial score (nSPS) is 19.7. The van der Waals surface area contributed by atoms with Crippen molar-refractivity contribution in [1.29, 1.82) is 0 Å². The van der Waals surface area contributed by atoms with Crippen molar-refractivity contribution >= 4 is 5.69 Å². The maximum absolute atomic E-state index is 5.15. The standard InChI is InChI=1S/C11H15NO/c1-8-6-12-11-9(7-13-2)4-3-5-10(8)11/h3-5,8,12H,6-7H2,1-2H3. The third-order valence-electron chi connectivity index (χ3n) is 2.60. The second-order valence-corrected chi connectivity index (χ2v) is 3.60. The number of anilines is 1. The van der Waals surface area contributed by atoms with Crippen LogP contribution in [0.3, 0.4) is 0 Å². The molecule has 0 spiro atoms. The lowest BCUT2D eigenvalue weighted by molar-refractivity contribution is 0.185. The molecule has 0 amide bonds. The first-order valence-electron chi connectivity index (χ1n) is 4.67. The highest BCUT2D eigenvalue weighted by Crippen LogP contribution is 2.33. The van der Waals surface area contributed by atoms with Gasteiger partial charge in [-0.3, -0.25) is 0 Å². The summed E-state index contributed by atoms with van der Waals surface area (Å²) in [6, 6.07) is 6.42. The first-order chi connectivity index (χ1) is 6.33. The molecule has 1 heterocycles. The first-order valence-corrected chi connectivity index (χ1v) is 4.67. The maximum atomic E-state index is 5.15. The molecule has 13 heavy (non-hydrogen) atoms. The molecule has 2 nitrogen and oxygen atoms in total. The van der Waals surface area contributed by atoms with E-state index in [1.165, 1.54) is 16.8 Å². The Morgan fingerprint density at radius 2 is 2.38 bits per heavy atom. The quantitative estimate of drug-likeness (QED) is 0.748. The topological polar surface area (TPSA) is 21.3 Å². The molecule has 70 valence electrons. The Bertz CT molecular complexity index is 309. The van der Waals surface area contributed by atoms with Gasteiger partial charge in [-0.15, -0.1) is 0 Å². The van der Waals surface area contributed by atoms with Crippen LogP contribution >= 0.6 is 0 Å². The molecule has 2 rings (SSSR count). The molecule has 0 saturated carbocycles. The molecule has 1 unspecified atom stereocenters. The summed E-state index contributed by atoms with van der Waals surface area (Å²) >= 11 is 0. The van der Waals surface area contributed by atoms with Crippen LogP contribution in [0.15, 0.2) is 18.2 Å². The van der Waals surface area contributed by atoms with Gasteiger partial charge in [0.25, 0.3) is 0 Å². The van der Waals surface area contributed by atoms with E-state index in [2.05, 4.69) is 30.4 Å². The fraction of sp³-hybridized carbons (Fsp3) is 0.455. The number of hydrogen-bond acceptors (Lipinski definition) is 2. The largest absolute Gasteiger partial charge is 0.384 e. The number of fused-ring (bicyclic) bond motifs is 1. The smallest absolute Gasteiger partial charge is 0.0733 e. The van der Waals surface area contributed by atoms with Gasteiger partial charge in [-0.05, 0) is 5.56 Å². The molecule has 0 fully saturated rings. The summed E-state index contributed by atoms with van der Waals surface area (Å²) in [4.78, 5) is 0. The molecule has 1 N–H and O–H groups in total. The van der Waals surface area contributed by atoms with Crippen LogP contribution in [0.25, 0.3) is 0 Å². The molecule has 1 atom stereocenters. The van der Waals surface area contributed by atoms with Gasteiger partial charge in [0.1, 0.15) is 0 Å². The molecule has 0 aliphatic carbocycles. The number of benzene rings is 1. The van der Waals surface area contributed by atoms with Crippen molar-refractivity contribution in [1.82, 2.24) is 0 Å². The van der Waals surface area contributed by atoms with Crippen LogP contribution in [0.5, 0.6) is 0 Å². The zero-order valence-corrected chi connectivity index (χ0v) is 8.13. The summed E-state index contributed by atoms with van der Waals surface area (Å²) in [5.74, 6) is 0.631. The summed E-state index contributed by atoms with van der Waals surface area (Å²) in [5.41, 5.74) is 3.98. The molecule has 0 aromatic heterocycles. The minimum Gasteiger partial charge on any atom is -0.384 e. The Hall–Kier alpha value is -1.02. The molecule has 1 aromatic carbocycles. The van der Waals surface area contributed by atoms with Gasteiger partial charge in [0.05, 0.1) is 6.61 Å². The average molecular weight is 177 g/mol. The Kier molecular flexibility index (Phi) is 2.23. The van der Waals surface area contributed by atoms with Crippen LogP contribution in [0.4, 0.5) is 5.69 Å². The summed E-state index contributed by atoms with van der Waals surface area (Å²) in [7, 11) is 1.73. The van der Waals surface area contributed by atoms with Crippen molar-refractivity contribution in [2.75, 3.05) is 19.0 Å². The van der Waals surface area contributed by atoms with Crippen LogP contribution in [0.2, 0.25) is 0 Å². The predicted molar refractivity (Wildman–Crippen MR) is 54.1 cm³/mol. The summed E-state index contributed by atoms with van der Waals surface area (Å²) in [5, 5.41) is 3.42. The highest BCUT2D eigenvalue weighted by atomic mass is 16.5. The molecule has 0 radical (unpaired) electrons. The van der Waals surface area contributed by atoms with E-state index in [-0.39, 0.29) is 0 Å². The van der Waals surface area contributed by atoms with Gasteiger partial charge in [0.15, 0.2) is 0 Å². The molecular weight excluding hydrogens is 162 g/mol. The highest BCUT2D eigenvalue weighted by molar-refractivity contribution is 5.62. The van der Waals surface area contributed by atoms with Crippen molar-refractivity contribution in [3.63, 3.8) is 0 Å². The first kappa shape index (κ1) is 8.57. The number of nitrogens with one attached hydrogen (secondary N) is 1. The van der Waals surface area contributed by atoms with Crippen LogP contribution in [0.1, 0.15) is 24.0 Å². The van der Waals surface area contributed by atoms with Crippen LogP contribution in [0, 0.1) is 0 Å². The van der Waals surface area contributed by atoms with Crippen LogP contribution in [-0.2, 0) is 11.3 Å². The van der Waals surface area contributed by atoms with E-state index in [9.17, 15) is 0 Å². The molecule has 2 heteroatoms. The number of ether oxygens (including phenoxy) is 1. The van der Waals surface area contributed by atoms with Gasteiger partial charge in [0, 0.05) is 30.8 Å². The van der Waals surface area contributed by atoms with E-state index in [0.717, 1.165) is 6.54 Å². The fourth-order valence-electron chi connectivity index (χ4n) is 1.89. The lowest BCUT2D eigenvalue weighted by Gasteiger charge is -2.07. The minimum atomic E-state index is 0.631. The SMILES string of the molecule is COCc1cccc2c1NCC2C. The third-order valence-corrected chi connectivity index (χ3v) is 2.60. The molecule has 1 aliphatic heterocycles. The van der Waals surface area contributed by atoms with Crippen molar-refractivity contribution < 1.29 is 4.74 Å². The lowest BCUT2D eigenvalue weighted by Crippen LogP contribution is -1.98. The Morgan fingerprint density at radius 3 is 3.15 bits per heavy atom. The monoisotopic (exact) mass is 177 g/mol. The van der Waals surface area contributed by atoms with E-state index in [1.54, 1.807) is 7.11 Å². The number of rotatable bonds is 2. The average Bonchev–Trinajstić information content (AvgIpc) is 2.50. The Morgan fingerprint density at radius 1 is 1.54 bits per heavy atom. The maximum Gasteiger partial charge on any atom is 0.0733 e. The lowest BCUT2D eigenvalue weighted by atomic mass is 10.0. The summed E-state index contributed by atoms with van der Waals surface area (Å²) in [6.45, 7) is 3.99. The van der Waals surface area contributed by atoms with E-state index in [4.69, 9.17) is 4.74 Å². The minimum absolute atomic E-state index is 0.631. The number of methoxy groups -OCH3 is 1. The van der Waals surface area contributed by atoms with E-state index < -0.39 is 0 Å². The predicted octanol–water partition coefficient (Wildman–Crippen LogP) is 2.36. The molecule has 1 aromatic rings.